The van der Waals surface area contributed by atoms with E-state index in [2.05, 4.69) is 15.1 Å². The van der Waals surface area contributed by atoms with Crippen LogP contribution < -0.4 is 0 Å². The Balaban J connectivity index is 1.68. The number of halogens is 1. The molecule has 3 heterocycles. The molecule has 1 amide bonds. The van der Waals surface area contributed by atoms with E-state index in [4.69, 9.17) is 16.3 Å². The number of nitrogens with zero attached hydrogens (tertiary/aromatic N) is 5. The van der Waals surface area contributed by atoms with Crippen molar-refractivity contribution in [2.45, 2.75) is 38.8 Å². The number of amides is 1. The molecule has 1 fully saturated rings. The van der Waals surface area contributed by atoms with E-state index < -0.39 is 5.60 Å². The summed E-state index contributed by atoms with van der Waals surface area (Å²) in [5, 5.41) is 4.61. The van der Waals surface area contributed by atoms with E-state index in [0.717, 1.165) is 17.7 Å². The van der Waals surface area contributed by atoms with Crippen LogP contribution in [0, 0.1) is 0 Å². The Morgan fingerprint density at radius 2 is 2.21 bits per heavy atom. The molecule has 1 saturated heterocycles. The standard InChI is InChI=1S/C16H20ClN5O2/c1-16(2,3)24-15(23)21-7-5-12(10-21)22-9-11(8-19-22)13-4-6-18-14(17)20-13/h4,6,8-9,12H,5,7,10H2,1-3H3. The molecule has 1 unspecified atom stereocenters. The maximum Gasteiger partial charge on any atom is 0.410 e. The first-order valence-corrected chi connectivity index (χ1v) is 8.20. The van der Waals surface area contributed by atoms with Gasteiger partial charge in [-0.05, 0) is 44.9 Å². The fourth-order valence-electron chi connectivity index (χ4n) is 2.62. The third-order valence-electron chi connectivity index (χ3n) is 3.71. The molecule has 0 bridgehead atoms. The maximum absolute atomic E-state index is 12.1. The fraction of sp³-hybridized carbons (Fsp3) is 0.500. The highest BCUT2D eigenvalue weighted by molar-refractivity contribution is 6.28. The highest BCUT2D eigenvalue weighted by Gasteiger charge is 2.31. The van der Waals surface area contributed by atoms with E-state index in [1.807, 2.05) is 31.6 Å². The van der Waals surface area contributed by atoms with E-state index >= 15 is 0 Å². The number of carbonyl (C=O) groups excluding carboxylic acids is 1. The number of hydrogen-bond acceptors (Lipinski definition) is 5. The second-order valence-electron chi connectivity index (χ2n) is 6.79. The lowest BCUT2D eigenvalue weighted by Crippen LogP contribution is -2.35. The van der Waals surface area contributed by atoms with Gasteiger partial charge in [0.25, 0.3) is 0 Å². The molecule has 1 atom stereocenters. The molecular formula is C16H20ClN5O2. The van der Waals surface area contributed by atoms with Crippen LogP contribution in [0.25, 0.3) is 11.3 Å². The van der Waals surface area contributed by atoms with E-state index in [9.17, 15) is 4.79 Å². The van der Waals surface area contributed by atoms with E-state index in [-0.39, 0.29) is 17.4 Å². The number of ether oxygens (including phenoxy) is 1. The van der Waals surface area contributed by atoms with Crippen molar-refractivity contribution in [2.24, 2.45) is 0 Å². The molecule has 2 aromatic rings. The van der Waals surface area contributed by atoms with Gasteiger partial charge in [0.2, 0.25) is 5.28 Å². The second kappa shape index (κ2) is 6.39. The van der Waals surface area contributed by atoms with Crippen molar-refractivity contribution in [3.63, 3.8) is 0 Å². The summed E-state index contributed by atoms with van der Waals surface area (Å²) in [7, 11) is 0. The Kier molecular flexibility index (Phi) is 4.45. The van der Waals surface area contributed by atoms with Gasteiger partial charge < -0.3 is 9.64 Å². The molecule has 0 radical (unpaired) electrons. The first kappa shape index (κ1) is 16.7. The van der Waals surface area contributed by atoms with E-state index in [0.29, 0.717) is 13.1 Å². The molecule has 128 valence electrons. The summed E-state index contributed by atoms with van der Waals surface area (Å²) in [6.07, 6.45) is 5.84. The summed E-state index contributed by atoms with van der Waals surface area (Å²) in [4.78, 5) is 21.9. The van der Waals surface area contributed by atoms with Gasteiger partial charge in [-0.15, -0.1) is 0 Å². The second-order valence-corrected chi connectivity index (χ2v) is 7.13. The zero-order valence-electron chi connectivity index (χ0n) is 13.9. The Morgan fingerprint density at radius 3 is 2.92 bits per heavy atom. The average molecular weight is 350 g/mol. The average Bonchev–Trinajstić information content (AvgIpc) is 3.15. The maximum atomic E-state index is 12.1. The summed E-state index contributed by atoms with van der Waals surface area (Å²) in [5.74, 6) is 0. The van der Waals surface area contributed by atoms with Crippen molar-refractivity contribution in [1.82, 2.24) is 24.6 Å². The molecule has 0 spiro atoms. The van der Waals surface area contributed by atoms with Crippen LogP contribution in [-0.2, 0) is 4.74 Å². The quantitative estimate of drug-likeness (QED) is 0.778. The number of carbonyl (C=O) groups is 1. The van der Waals surface area contributed by atoms with Crippen molar-refractivity contribution in [2.75, 3.05) is 13.1 Å². The van der Waals surface area contributed by atoms with Crippen LogP contribution in [0.3, 0.4) is 0 Å². The minimum atomic E-state index is -0.486. The molecule has 8 heteroatoms. The van der Waals surface area contributed by atoms with Gasteiger partial charge in [0.1, 0.15) is 5.60 Å². The lowest BCUT2D eigenvalue weighted by atomic mass is 10.2. The minimum Gasteiger partial charge on any atom is -0.444 e. The normalized spacial score (nSPS) is 18.0. The molecule has 0 aliphatic carbocycles. The molecule has 0 saturated carbocycles. The van der Waals surface area contributed by atoms with Gasteiger partial charge in [0.15, 0.2) is 0 Å². The lowest BCUT2D eigenvalue weighted by Gasteiger charge is -2.24. The predicted molar refractivity (Wildman–Crippen MR) is 89.7 cm³/mol. The number of likely N-dealkylation sites (tertiary alicyclic amines) is 1. The van der Waals surface area contributed by atoms with Crippen LogP contribution in [0.5, 0.6) is 0 Å². The van der Waals surface area contributed by atoms with Crippen molar-refractivity contribution < 1.29 is 9.53 Å². The van der Waals surface area contributed by atoms with Gasteiger partial charge >= 0.3 is 6.09 Å². The number of aromatic nitrogens is 4. The lowest BCUT2D eigenvalue weighted by molar-refractivity contribution is 0.0288. The summed E-state index contributed by atoms with van der Waals surface area (Å²) in [5.41, 5.74) is 1.11. The first-order valence-electron chi connectivity index (χ1n) is 7.83. The van der Waals surface area contributed by atoms with Crippen LogP contribution >= 0.6 is 11.6 Å². The van der Waals surface area contributed by atoms with E-state index in [1.54, 1.807) is 23.4 Å². The van der Waals surface area contributed by atoms with Crippen LogP contribution in [0.2, 0.25) is 5.28 Å². The third kappa shape index (κ3) is 3.84. The van der Waals surface area contributed by atoms with E-state index in [1.165, 1.54) is 0 Å². The van der Waals surface area contributed by atoms with Crippen LogP contribution in [0.4, 0.5) is 4.79 Å². The van der Waals surface area contributed by atoms with Gasteiger partial charge in [-0.1, -0.05) is 0 Å². The molecule has 3 rings (SSSR count). The SMILES string of the molecule is CC(C)(C)OC(=O)N1CCC(n2cc(-c3ccnc(Cl)n3)cn2)C1. The summed E-state index contributed by atoms with van der Waals surface area (Å²) in [6.45, 7) is 6.84. The Morgan fingerprint density at radius 1 is 1.42 bits per heavy atom. The van der Waals surface area contributed by atoms with Gasteiger partial charge in [-0.25, -0.2) is 14.8 Å². The van der Waals surface area contributed by atoms with Crippen molar-refractivity contribution in [3.05, 3.63) is 29.9 Å². The zero-order chi connectivity index (χ0) is 17.3. The van der Waals surface area contributed by atoms with Crippen molar-refractivity contribution in [3.8, 4) is 11.3 Å². The molecule has 24 heavy (non-hydrogen) atoms. The molecule has 7 nitrogen and oxygen atoms in total. The Hall–Kier alpha value is -2.15. The third-order valence-corrected chi connectivity index (χ3v) is 3.89. The smallest absolute Gasteiger partial charge is 0.410 e. The monoisotopic (exact) mass is 349 g/mol. The van der Waals surface area contributed by atoms with Crippen LogP contribution in [0.15, 0.2) is 24.7 Å². The molecule has 2 aromatic heterocycles. The molecule has 0 aromatic carbocycles. The summed E-state index contributed by atoms with van der Waals surface area (Å²) in [6, 6.07) is 1.91. The first-order chi connectivity index (χ1) is 11.3. The summed E-state index contributed by atoms with van der Waals surface area (Å²) < 4.78 is 7.29. The molecule has 1 aliphatic heterocycles. The zero-order valence-corrected chi connectivity index (χ0v) is 14.7. The van der Waals surface area contributed by atoms with Crippen LogP contribution in [0.1, 0.15) is 33.2 Å². The largest absolute Gasteiger partial charge is 0.444 e. The predicted octanol–water partition coefficient (Wildman–Crippen LogP) is 3.18. The Labute approximate surface area is 145 Å². The molecule has 1 aliphatic rings. The van der Waals surface area contributed by atoms with Crippen molar-refractivity contribution in [1.29, 1.82) is 0 Å². The highest BCUT2D eigenvalue weighted by Crippen LogP contribution is 2.25. The number of hydrogen-bond donors (Lipinski definition) is 0. The van der Waals surface area contributed by atoms with Gasteiger partial charge in [-0.2, -0.15) is 5.10 Å². The Bertz CT molecular complexity index is 740. The van der Waals surface area contributed by atoms with Gasteiger partial charge in [-0.3, -0.25) is 4.68 Å². The summed E-state index contributed by atoms with van der Waals surface area (Å²) >= 11 is 5.83. The molecule has 0 N–H and O–H groups in total. The van der Waals surface area contributed by atoms with Gasteiger partial charge in [0, 0.05) is 31.0 Å². The minimum absolute atomic E-state index is 0.128. The van der Waals surface area contributed by atoms with Gasteiger partial charge in [0.05, 0.1) is 17.9 Å². The van der Waals surface area contributed by atoms with Crippen LogP contribution in [-0.4, -0.2) is 49.4 Å². The topological polar surface area (TPSA) is 73.1 Å². The molecular weight excluding hydrogens is 330 g/mol. The van der Waals surface area contributed by atoms with Crippen molar-refractivity contribution >= 4 is 17.7 Å². The highest BCUT2D eigenvalue weighted by atomic mass is 35.5. The fourth-order valence-corrected chi connectivity index (χ4v) is 2.76. The number of rotatable bonds is 2.